The molecule has 2 amide bonds. The molecule has 0 bridgehead atoms. The number of anilines is 3. The van der Waals surface area contributed by atoms with Gasteiger partial charge in [0.2, 0.25) is 5.91 Å². The van der Waals surface area contributed by atoms with E-state index in [-0.39, 0.29) is 17.6 Å². The number of pyridine rings is 1. The molecule has 2 aromatic carbocycles. The topological polar surface area (TPSA) is 83.1 Å². The monoisotopic (exact) mass is 392 g/mol. The van der Waals surface area contributed by atoms with Gasteiger partial charge in [-0.2, -0.15) is 0 Å². The minimum absolute atomic E-state index is 0.188. The molecule has 1 aromatic heterocycles. The number of halogens is 1. The van der Waals surface area contributed by atoms with Gasteiger partial charge in [0, 0.05) is 37.2 Å². The van der Waals surface area contributed by atoms with Crippen LogP contribution in [0.25, 0.3) is 0 Å². The summed E-state index contributed by atoms with van der Waals surface area (Å²) in [5.41, 5.74) is 2.82. The quantitative estimate of drug-likeness (QED) is 0.566. The second-order valence-corrected chi connectivity index (χ2v) is 6.45. The maximum absolute atomic E-state index is 13.7. The molecule has 148 valence electrons. The van der Waals surface area contributed by atoms with Gasteiger partial charge in [-0.1, -0.05) is 24.3 Å². The average molecular weight is 392 g/mol. The molecule has 0 unspecified atom stereocenters. The lowest BCUT2D eigenvalue weighted by Crippen LogP contribution is -2.14. The minimum atomic E-state index is -0.324. The number of hydrogen-bond acceptors (Lipinski definition) is 4. The molecule has 0 fully saturated rings. The molecular formula is C22H21FN4O2. The fourth-order valence-corrected chi connectivity index (χ4v) is 2.78. The van der Waals surface area contributed by atoms with Crippen molar-refractivity contribution in [3.63, 3.8) is 0 Å². The average Bonchev–Trinajstić information content (AvgIpc) is 2.69. The third kappa shape index (κ3) is 5.87. The molecule has 0 spiro atoms. The fourth-order valence-electron chi connectivity index (χ4n) is 2.78. The van der Waals surface area contributed by atoms with E-state index in [4.69, 9.17) is 0 Å². The lowest BCUT2D eigenvalue weighted by Gasteiger charge is -2.10. The third-order valence-electron chi connectivity index (χ3n) is 4.12. The number of carbonyl (C=O) groups is 2. The van der Waals surface area contributed by atoms with Gasteiger partial charge in [-0.25, -0.2) is 4.39 Å². The predicted molar refractivity (Wildman–Crippen MR) is 112 cm³/mol. The molecule has 3 aromatic rings. The van der Waals surface area contributed by atoms with Gasteiger partial charge in [-0.05, 0) is 42.3 Å². The highest BCUT2D eigenvalue weighted by Crippen LogP contribution is 2.17. The summed E-state index contributed by atoms with van der Waals surface area (Å²) in [6.45, 7) is 1.92. The molecule has 3 rings (SSSR count). The second-order valence-electron chi connectivity index (χ2n) is 6.45. The largest absolute Gasteiger partial charge is 0.383 e. The number of benzene rings is 2. The zero-order valence-corrected chi connectivity index (χ0v) is 15.9. The van der Waals surface area contributed by atoms with Gasteiger partial charge >= 0.3 is 0 Å². The van der Waals surface area contributed by atoms with Crippen LogP contribution in [-0.2, 0) is 11.2 Å². The van der Waals surface area contributed by atoms with Crippen LogP contribution in [-0.4, -0.2) is 23.3 Å². The van der Waals surface area contributed by atoms with Crippen LogP contribution in [0.2, 0.25) is 0 Å². The lowest BCUT2D eigenvalue weighted by molar-refractivity contribution is -0.114. The first-order chi connectivity index (χ1) is 14.0. The molecule has 1 heterocycles. The number of amides is 2. The number of nitrogens with zero attached hydrogens (tertiary/aromatic N) is 1. The van der Waals surface area contributed by atoms with Crippen molar-refractivity contribution >= 4 is 28.9 Å². The van der Waals surface area contributed by atoms with E-state index in [0.717, 1.165) is 0 Å². The first kappa shape index (κ1) is 20.0. The standard InChI is InChI=1S/C22H21FN4O2/c1-15(28)26-18-6-4-7-19(12-18)27-22(29)17-11-20(14-24-13-17)25-10-9-16-5-2-3-8-21(16)23/h2-8,11-14,25H,9-10H2,1H3,(H,26,28)(H,27,29). The summed E-state index contributed by atoms with van der Waals surface area (Å²) in [5.74, 6) is -0.746. The number of nitrogens with one attached hydrogen (secondary N) is 3. The maximum Gasteiger partial charge on any atom is 0.257 e. The normalized spacial score (nSPS) is 10.3. The molecule has 0 saturated heterocycles. The Bertz CT molecular complexity index is 1020. The van der Waals surface area contributed by atoms with Crippen LogP contribution in [0.3, 0.4) is 0 Å². The highest BCUT2D eigenvalue weighted by atomic mass is 19.1. The summed E-state index contributed by atoms with van der Waals surface area (Å²) in [5, 5.41) is 8.60. The van der Waals surface area contributed by atoms with Crippen molar-refractivity contribution in [2.45, 2.75) is 13.3 Å². The van der Waals surface area contributed by atoms with Gasteiger partial charge in [0.1, 0.15) is 5.82 Å². The third-order valence-corrected chi connectivity index (χ3v) is 4.12. The summed E-state index contributed by atoms with van der Waals surface area (Å²) in [6.07, 6.45) is 3.59. The Morgan fingerprint density at radius 3 is 2.45 bits per heavy atom. The first-order valence-electron chi connectivity index (χ1n) is 9.12. The molecule has 3 N–H and O–H groups in total. The highest BCUT2D eigenvalue weighted by molar-refractivity contribution is 6.05. The van der Waals surface area contributed by atoms with Crippen LogP contribution in [0.5, 0.6) is 0 Å². The van der Waals surface area contributed by atoms with Crippen molar-refractivity contribution in [2.24, 2.45) is 0 Å². The Morgan fingerprint density at radius 1 is 0.931 bits per heavy atom. The van der Waals surface area contributed by atoms with Crippen LogP contribution in [0.1, 0.15) is 22.8 Å². The fraction of sp³-hybridized carbons (Fsp3) is 0.136. The molecule has 7 heteroatoms. The summed E-state index contributed by atoms with van der Waals surface area (Å²) >= 11 is 0. The molecule has 0 radical (unpaired) electrons. The van der Waals surface area contributed by atoms with Crippen LogP contribution < -0.4 is 16.0 Å². The van der Waals surface area contributed by atoms with Crippen LogP contribution in [0.4, 0.5) is 21.5 Å². The van der Waals surface area contributed by atoms with E-state index < -0.39 is 0 Å². The van der Waals surface area contributed by atoms with E-state index in [1.165, 1.54) is 19.2 Å². The number of carbonyl (C=O) groups excluding carboxylic acids is 2. The van der Waals surface area contributed by atoms with Crippen molar-refractivity contribution in [3.8, 4) is 0 Å². The van der Waals surface area contributed by atoms with Crippen LogP contribution in [0, 0.1) is 5.82 Å². The Balaban J connectivity index is 1.60. The SMILES string of the molecule is CC(=O)Nc1cccc(NC(=O)c2cncc(NCCc3ccccc3F)c2)c1. The predicted octanol–water partition coefficient (Wildman–Crippen LogP) is 4.09. The Morgan fingerprint density at radius 2 is 1.69 bits per heavy atom. The molecule has 0 aliphatic heterocycles. The molecule has 0 aliphatic rings. The maximum atomic E-state index is 13.7. The van der Waals surface area contributed by atoms with Crippen molar-refractivity contribution in [3.05, 3.63) is 83.9 Å². The molecule has 0 saturated carbocycles. The summed E-state index contributed by atoms with van der Waals surface area (Å²) in [4.78, 5) is 27.8. The van der Waals surface area contributed by atoms with Crippen LogP contribution in [0.15, 0.2) is 67.0 Å². The van der Waals surface area contributed by atoms with Gasteiger partial charge in [-0.15, -0.1) is 0 Å². The van der Waals surface area contributed by atoms with E-state index in [1.807, 2.05) is 0 Å². The Hall–Kier alpha value is -3.74. The second kappa shape index (κ2) is 9.45. The van der Waals surface area contributed by atoms with Gasteiger partial charge in [0.25, 0.3) is 5.91 Å². The zero-order valence-electron chi connectivity index (χ0n) is 15.9. The summed E-state index contributed by atoms with van der Waals surface area (Å²) in [7, 11) is 0. The smallest absolute Gasteiger partial charge is 0.257 e. The van der Waals surface area contributed by atoms with Crippen LogP contribution >= 0.6 is 0 Å². The summed E-state index contributed by atoms with van der Waals surface area (Å²) in [6, 6.07) is 15.2. The lowest BCUT2D eigenvalue weighted by atomic mass is 10.1. The van der Waals surface area contributed by atoms with Gasteiger partial charge in [0.15, 0.2) is 0 Å². The number of aromatic nitrogens is 1. The van der Waals surface area contributed by atoms with Crippen molar-refractivity contribution in [2.75, 3.05) is 22.5 Å². The molecule has 0 aliphatic carbocycles. The van der Waals surface area contributed by atoms with Crippen molar-refractivity contribution in [1.82, 2.24) is 4.98 Å². The number of hydrogen-bond donors (Lipinski definition) is 3. The van der Waals surface area contributed by atoms with E-state index in [2.05, 4.69) is 20.9 Å². The minimum Gasteiger partial charge on any atom is -0.383 e. The molecule has 0 atom stereocenters. The zero-order chi connectivity index (χ0) is 20.6. The van der Waals surface area contributed by atoms with Crippen molar-refractivity contribution < 1.29 is 14.0 Å². The van der Waals surface area contributed by atoms with E-state index >= 15 is 0 Å². The van der Waals surface area contributed by atoms with E-state index in [0.29, 0.717) is 41.2 Å². The van der Waals surface area contributed by atoms with Crippen molar-refractivity contribution in [1.29, 1.82) is 0 Å². The molecule has 6 nitrogen and oxygen atoms in total. The Kier molecular flexibility index (Phi) is 6.52. The Labute approximate surface area is 168 Å². The van der Waals surface area contributed by atoms with Gasteiger partial charge < -0.3 is 16.0 Å². The van der Waals surface area contributed by atoms with Gasteiger partial charge in [0.05, 0.1) is 11.3 Å². The first-order valence-corrected chi connectivity index (χ1v) is 9.12. The van der Waals surface area contributed by atoms with Gasteiger partial charge in [-0.3, -0.25) is 14.6 Å². The highest BCUT2D eigenvalue weighted by Gasteiger charge is 2.09. The summed E-state index contributed by atoms with van der Waals surface area (Å²) < 4.78 is 13.7. The van der Waals surface area contributed by atoms with E-state index in [9.17, 15) is 14.0 Å². The number of rotatable bonds is 7. The van der Waals surface area contributed by atoms with E-state index in [1.54, 1.807) is 54.7 Å². The molecule has 29 heavy (non-hydrogen) atoms. The molecular weight excluding hydrogens is 371 g/mol.